The lowest BCUT2D eigenvalue weighted by Gasteiger charge is -2.30. The lowest BCUT2D eigenvalue weighted by molar-refractivity contribution is -0.142. The zero-order chi connectivity index (χ0) is 14.3. The molecule has 0 aromatic rings. The Balaban J connectivity index is 2.86. The second-order valence-corrected chi connectivity index (χ2v) is 5.10. The Bertz CT molecular complexity index is 365. The highest BCUT2D eigenvalue weighted by Crippen LogP contribution is 2.36. The molecule has 0 atom stereocenters. The van der Waals surface area contributed by atoms with Crippen molar-refractivity contribution in [3.63, 3.8) is 0 Å². The van der Waals surface area contributed by atoms with Crippen molar-refractivity contribution in [1.82, 2.24) is 10.2 Å². The van der Waals surface area contributed by atoms with Crippen LogP contribution in [0.5, 0.6) is 0 Å². The molecule has 19 heavy (non-hydrogen) atoms. The molecule has 0 aliphatic heterocycles. The van der Waals surface area contributed by atoms with E-state index in [1.165, 1.54) is 4.90 Å². The molecule has 0 aromatic heterocycles. The number of rotatable bonds is 4. The molecule has 0 bridgehead atoms. The summed E-state index contributed by atoms with van der Waals surface area (Å²) in [5, 5.41) is 12.0. The molecule has 2 amide bonds. The Hall–Kier alpha value is -1.57. The summed E-state index contributed by atoms with van der Waals surface area (Å²) < 4.78 is 0. The summed E-state index contributed by atoms with van der Waals surface area (Å²) in [7, 11) is 1.55. The van der Waals surface area contributed by atoms with Crippen LogP contribution in [-0.2, 0) is 9.59 Å². The number of likely N-dealkylation sites (N-methyl/N-ethyl adjacent to an activating group) is 2. The highest BCUT2D eigenvalue weighted by Gasteiger charge is 2.41. The van der Waals surface area contributed by atoms with E-state index in [2.05, 4.69) is 11.4 Å². The largest absolute Gasteiger partial charge is 0.358 e. The standard InChI is InChI=1S/C14H23N3O2/c1-3-17(10-12(18)16-2)13(19)14(11-15)8-6-4-5-7-9-14/h3-10H2,1-2H3,(H,16,18). The van der Waals surface area contributed by atoms with Gasteiger partial charge < -0.3 is 10.2 Å². The lowest BCUT2D eigenvalue weighted by atomic mass is 9.80. The van der Waals surface area contributed by atoms with E-state index in [1.54, 1.807) is 7.05 Å². The van der Waals surface area contributed by atoms with E-state index in [1.807, 2.05) is 6.92 Å². The van der Waals surface area contributed by atoms with Gasteiger partial charge in [-0.05, 0) is 19.8 Å². The maximum atomic E-state index is 12.6. The number of hydrogen-bond acceptors (Lipinski definition) is 3. The Morgan fingerprint density at radius 2 is 1.84 bits per heavy atom. The van der Waals surface area contributed by atoms with Crippen molar-refractivity contribution in [2.45, 2.75) is 45.4 Å². The van der Waals surface area contributed by atoms with Gasteiger partial charge >= 0.3 is 0 Å². The molecule has 0 heterocycles. The Labute approximate surface area is 115 Å². The van der Waals surface area contributed by atoms with Crippen LogP contribution in [0.25, 0.3) is 0 Å². The average molecular weight is 265 g/mol. The van der Waals surface area contributed by atoms with Gasteiger partial charge in [-0.25, -0.2) is 0 Å². The Morgan fingerprint density at radius 1 is 1.26 bits per heavy atom. The normalized spacial score (nSPS) is 17.9. The molecule has 0 saturated heterocycles. The smallest absolute Gasteiger partial charge is 0.243 e. The van der Waals surface area contributed by atoms with Gasteiger partial charge in [0.25, 0.3) is 0 Å². The van der Waals surface area contributed by atoms with Gasteiger partial charge in [0.15, 0.2) is 0 Å². The van der Waals surface area contributed by atoms with Crippen LogP contribution in [0.4, 0.5) is 0 Å². The first kappa shape index (κ1) is 15.5. The first-order valence-corrected chi connectivity index (χ1v) is 7.01. The molecule has 1 rings (SSSR count). The van der Waals surface area contributed by atoms with E-state index >= 15 is 0 Å². The minimum Gasteiger partial charge on any atom is -0.358 e. The Morgan fingerprint density at radius 3 is 2.26 bits per heavy atom. The minimum atomic E-state index is -0.916. The SMILES string of the molecule is CCN(CC(=O)NC)C(=O)C1(C#N)CCCCCC1. The number of nitrogens with one attached hydrogen (secondary N) is 1. The number of nitriles is 1. The van der Waals surface area contributed by atoms with E-state index in [0.717, 1.165) is 25.7 Å². The lowest BCUT2D eigenvalue weighted by Crippen LogP contribution is -2.47. The molecule has 106 valence electrons. The van der Waals surface area contributed by atoms with E-state index in [9.17, 15) is 14.9 Å². The molecular weight excluding hydrogens is 242 g/mol. The second-order valence-electron chi connectivity index (χ2n) is 5.10. The quantitative estimate of drug-likeness (QED) is 0.782. The summed E-state index contributed by atoms with van der Waals surface area (Å²) in [6.07, 6.45) is 5.23. The molecule has 0 radical (unpaired) electrons. The van der Waals surface area contributed by atoms with Crippen LogP contribution in [0.3, 0.4) is 0 Å². The van der Waals surface area contributed by atoms with Gasteiger partial charge in [0.1, 0.15) is 5.41 Å². The summed E-state index contributed by atoms with van der Waals surface area (Å²) in [6.45, 7) is 2.33. The summed E-state index contributed by atoms with van der Waals surface area (Å²) >= 11 is 0. The van der Waals surface area contributed by atoms with Crippen molar-refractivity contribution in [3.8, 4) is 6.07 Å². The molecule has 1 fully saturated rings. The number of nitrogens with zero attached hydrogens (tertiary/aromatic N) is 2. The van der Waals surface area contributed by atoms with Crippen molar-refractivity contribution in [2.75, 3.05) is 20.1 Å². The summed E-state index contributed by atoms with van der Waals surface area (Å²) in [5.74, 6) is -0.375. The first-order chi connectivity index (χ1) is 9.09. The van der Waals surface area contributed by atoms with Crippen LogP contribution >= 0.6 is 0 Å². The highest BCUT2D eigenvalue weighted by atomic mass is 16.2. The van der Waals surface area contributed by atoms with Crippen LogP contribution in [0.1, 0.15) is 45.4 Å². The number of carbonyl (C=O) groups is 2. The fourth-order valence-electron chi connectivity index (χ4n) is 2.59. The van der Waals surface area contributed by atoms with Gasteiger partial charge in [0.05, 0.1) is 12.6 Å². The van der Waals surface area contributed by atoms with Crippen LogP contribution < -0.4 is 5.32 Å². The maximum Gasteiger partial charge on any atom is 0.243 e. The second kappa shape index (κ2) is 7.13. The fraction of sp³-hybridized carbons (Fsp3) is 0.786. The van der Waals surface area contributed by atoms with Gasteiger partial charge in [0.2, 0.25) is 11.8 Å². The van der Waals surface area contributed by atoms with Crippen LogP contribution in [-0.4, -0.2) is 36.9 Å². The van der Waals surface area contributed by atoms with Crippen molar-refractivity contribution in [3.05, 3.63) is 0 Å². The zero-order valence-corrected chi connectivity index (χ0v) is 11.9. The molecule has 1 aliphatic rings. The van der Waals surface area contributed by atoms with Gasteiger partial charge in [-0.15, -0.1) is 0 Å². The fourth-order valence-corrected chi connectivity index (χ4v) is 2.59. The first-order valence-electron chi connectivity index (χ1n) is 7.01. The van der Waals surface area contributed by atoms with Gasteiger partial charge in [-0.3, -0.25) is 9.59 Å². The third-order valence-electron chi connectivity index (χ3n) is 3.86. The monoisotopic (exact) mass is 265 g/mol. The predicted octanol–water partition coefficient (Wildman–Crippen LogP) is 1.45. The molecule has 0 aromatic carbocycles. The summed E-state index contributed by atoms with van der Waals surface area (Å²) in [4.78, 5) is 25.5. The highest BCUT2D eigenvalue weighted by molar-refractivity contribution is 5.89. The molecule has 5 nitrogen and oxygen atoms in total. The summed E-state index contributed by atoms with van der Waals surface area (Å²) in [6, 6.07) is 2.24. The number of amides is 2. The Kier molecular flexibility index (Phi) is 5.81. The predicted molar refractivity (Wildman–Crippen MR) is 72.1 cm³/mol. The van der Waals surface area contributed by atoms with E-state index in [4.69, 9.17) is 0 Å². The number of hydrogen-bond donors (Lipinski definition) is 1. The van der Waals surface area contributed by atoms with E-state index in [0.29, 0.717) is 19.4 Å². The van der Waals surface area contributed by atoms with Crippen molar-refractivity contribution in [2.24, 2.45) is 5.41 Å². The molecular formula is C14H23N3O2. The molecule has 0 unspecified atom stereocenters. The van der Waals surface area contributed by atoms with Gasteiger partial charge in [-0.2, -0.15) is 5.26 Å². The van der Waals surface area contributed by atoms with Crippen LogP contribution in [0.15, 0.2) is 0 Å². The summed E-state index contributed by atoms with van der Waals surface area (Å²) in [5.41, 5.74) is -0.916. The van der Waals surface area contributed by atoms with Crippen molar-refractivity contribution < 1.29 is 9.59 Å². The molecule has 5 heteroatoms. The molecule has 1 N–H and O–H groups in total. The number of carbonyl (C=O) groups excluding carboxylic acids is 2. The van der Waals surface area contributed by atoms with Gasteiger partial charge in [0, 0.05) is 13.6 Å². The van der Waals surface area contributed by atoms with Gasteiger partial charge in [-0.1, -0.05) is 25.7 Å². The van der Waals surface area contributed by atoms with E-state index < -0.39 is 5.41 Å². The molecule has 1 saturated carbocycles. The van der Waals surface area contributed by atoms with Crippen LogP contribution in [0.2, 0.25) is 0 Å². The average Bonchev–Trinajstić information content (AvgIpc) is 2.70. The minimum absolute atomic E-state index is 0.0370. The zero-order valence-electron chi connectivity index (χ0n) is 11.9. The van der Waals surface area contributed by atoms with Crippen molar-refractivity contribution in [1.29, 1.82) is 5.26 Å². The molecule has 0 spiro atoms. The van der Waals surface area contributed by atoms with E-state index in [-0.39, 0.29) is 18.4 Å². The third-order valence-corrected chi connectivity index (χ3v) is 3.86. The third kappa shape index (κ3) is 3.69. The van der Waals surface area contributed by atoms with Crippen molar-refractivity contribution >= 4 is 11.8 Å². The van der Waals surface area contributed by atoms with Crippen LogP contribution in [0, 0.1) is 16.7 Å². The molecule has 1 aliphatic carbocycles. The maximum absolute atomic E-state index is 12.6. The topological polar surface area (TPSA) is 73.2 Å².